The topological polar surface area (TPSA) is 59.4 Å². The minimum atomic E-state index is -0.0864. The summed E-state index contributed by atoms with van der Waals surface area (Å²) in [6.45, 7) is 9.47. The molecule has 23 heavy (non-hydrogen) atoms. The lowest BCUT2D eigenvalue weighted by molar-refractivity contribution is 0.0678. The van der Waals surface area contributed by atoms with Gasteiger partial charge in [-0.15, -0.1) is 0 Å². The lowest BCUT2D eigenvalue weighted by Gasteiger charge is -2.44. The van der Waals surface area contributed by atoms with E-state index in [2.05, 4.69) is 31.2 Å². The van der Waals surface area contributed by atoms with Gasteiger partial charge in [-0.2, -0.15) is 16.9 Å². The molecule has 2 aliphatic rings. The van der Waals surface area contributed by atoms with Crippen LogP contribution in [0.2, 0.25) is 0 Å². The Kier molecular flexibility index (Phi) is 4.60. The van der Waals surface area contributed by atoms with Gasteiger partial charge in [-0.05, 0) is 33.6 Å². The number of hydrogen-bond acceptors (Lipinski definition) is 4. The Morgan fingerprint density at radius 3 is 2.78 bits per heavy atom. The van der Waals surface area contributed by atoms with E-state index in [1.54, 1.807) is 6.20 Å². The fourth-order valence-corrected chi connectivity index (χ4v) is 4.47. The van der Waals surface area contributed by atoms with Gasteiger partial charge in [-0.3, -0.25) is 4.68 Å². The van der Waals surface area contributed by atoms with E-state index in [1.807, 2.05) is 27.5 Å². The van der Waals surface area contributed by atoms with Gasteiger partial charge >= 0.3 is 6.03 Å². The van der Waals surface area contributed by atoms with Crippen molar-refractivity contribution in [2.45, 2.75) is 43.9 Å². The largest absolute Gasteiger partial charge is 0.381 e. The third kappa shape index (κ3) is 3.83. The molecule has 6 nitrogen and oxygen atoms in total. The molecule has 1 spiro atoms. The van der Waals surface area contributed by atoms with E-state index in [0.717, 1.165) is 50.6 Å². The number of rotatable bonds is 1. The molecule has 1 aromatic rings. The first-order valence-electron chi connectivity index (χ1n) is 8.21. The lowest BCUT2D eigenvalue weighted by Crippen LogP contribution is -2.52. The van der Waals surface area contributed by atoms with Crippen molar-refractivity contribution in [2.24, 2.45) is 0 Å². The number of hydrogen-bond donors (Lipinski definition) is 1. The van der Waals surface area contributed by atoms with Crippen LogP contribution in [0.4, 0.5) is 10.5 Å². The van der Waals surface area contributed by atoms with E-state index in [1.165, 1.54) is 0 Å². The van der Waals surface area contributed by atoms with E-state index in [-0.39, 0.29) is 16.3 Å². The summed E-state index contributed by atoms with van der Waals surface area (Å²) >= 11 is 2.00. The van der Waals surface area contributed by atoms with Crippen LogP contribution in [-0.2, 0) is 10.3 Å². The van der Waals surface area contributed by atoms with Crippen LogP contribution < -0.4 is 5.32 Å². The maximum atomic E-state index is 12.6. The number of nitrogens with one attached hydrogen (secondary N) is 1. The highest BCUT2D eigenvalue weighted by atomic mass is 32.2. The highest BCUT2D eigenvalue weighted by Crippen LogP contribution is 2.39. The first kappa shape index (κ1) is 16.6. The van der Waals surface area contributed by atoms with E-state index < -0.39 is 0 Å². The molecule has 0 bridgehead atoms. The molecule has 2 aliphatic heterocycles. The van der Waals surface area contributed by atoms with Gasteiger partial charge in [-0.25, -0.2) is 4.79 Å². The van der Waals surface area contributed by atoms with Gasteiger partial charge in [-0.1, -0.05) is 0 Å². The summed E-state index contributed by atoms with van der Waals surface area (Å²) in [5.41, 5.74) is 0.667. The monoisotopic (exact) mass is 338 g/mol. The van der Waals surface area contributed by atoms with Gasteiger partial charge in [0.2, 0.25) is 0 Å². The molecule has 2 fully saturated rings. The quantitative estimate of drug-likeness (QED) is 0.855. The fraction of sp³-hybridized carbons (Fsp3) is 0.750. The second kappa shape index (κ2) is 6.36. The number of ether oxygens (including phenoxy) is 1. The van der Waals surface area contributed by atoms with Crippen LogP contribution in [0.15, 0.2) is 12.4 Å². The van der Waals surface area contributed by atoms with E-state index in [9.17, 15) is 4.79 Å². The lowest BCUT2D eigenvalue weighted by atomic mass is 9.98. The summed E-state index contributed by atoms with van der Waals surface area (Å²) in [4.78, 5) is 14.5. The second-order valence-electron chi connectivity index (χ2n) is 7.34. The zero-order chi connectivity index (χ0) is 16.5. The molecule has 0 unspecified atom stereocenters. The summed E-state index contributed by atoms with van der Waals surface area (Å²) < 4.78 is 7.53. The first-order valence-corrected chi connectivity index (χ1v) is 9.19. The summed E-state index contributed by atoms with van der Waals surface area (Å²) in [5, 5.41) is 7.32. The first-order chi connectivity index (χ1) is 10.9. The van der Waals surface area contributed by atoms with Gasteiger partial charge in [0.15, 0.2) is 0 Å². The number of nitrogens with zero attached hydrogens (tertiary/aromatic N) is 3. The van der Waals surface area contributed by atoms with Gasteiger partial charge in [0.05, 0.1) is 17.4 Å². The Labute approximate surface area is 141 Å². The normalized spacial score (nSPS) is 21.4. The zero-order valence-electron chi connectivity index (χ0n) is 14.2. The molecule has 0 radical (unpaired) electrons. The molecule has 0 saturated carbocycles. The maximum Gasteiger partial charge on any atom is 0.322 e. The number of aromatic nitrogens is 2. The molecular weight excluding hydrogens is 312 g/mol. The molecular formula is C16H26N4O2S. The average Bonchev–Trinajstić information content (AvgIpc) is 2.97. The van der Waals surface area contributed by atoms with Crippen LogP contribution in [0.3, 0.4) is 0 Å². The van der Waals surface area contributed by atoms with Gasteiger partial charge in [0.25, 0.3) is 0 Å². The highest BCUT2D eigenvalue weighted by molar-refractivity contribution is 8.00. The third-order valence-corrected chi connectivity index (χ3v) is 6.00. The molecule has 2 amide bonds. The van der Waals surface area contributed by atoms with Gasteiger partial charge in [0, 0.05) is 43.0 Å². The molecule has 3 heterocycles. The molecule has 1 aromatic heterocycles. The SMILES string of the molecule is CC(C)(C)n1cc(NC(=O)N2CCSC3(CCOCC3)C2)cn1. The highest BCUT2D eigenvalue weighted by Gasteiger charge is 2.39. The van der Waals surface area contributed by atoms with Crippen LogP contribution in [-0.4, -0.2) is 57.5 Å². The number of anilines is 1. The number of carbonyl (C=O) groups excluding carboxylic acids is 1. The molecule has 128 valence electrons. The maximum absolute atomic E-state index is 12.6. The van der Waals surface area contributed by atoms with Crippen molar-refractivity contribution in [1.29, 1.82) is 0 Å². The minimum absolute atomic E-state index is 0.0235. The van der Waals surface area contributed by atoms with Crippen LogP contribution in [0.25, 0.3) is 0 Å². The number of carbonyl (C=O) groups is 1. The van der Waals surface area contributed by atoms with Crippen molar-refractivity contribution in [2.75, 3.05) is 37.4 Å². The van der Waals surface area contributed by atoms with E-state index >= 15 is 0 Å². The fourth-order valence-electron chi connectivity index (χ4n) is 3.02. The van der Waals surface area contributed by atoms with E-state index in [0.29, 0.717) is 0 Å². The van der Waals surface area contributed by atoms with Crippen LogP contribution in [0, 0.1) is 0 Å². The number of amides is 2. The zero-order valence-corrected chi connectivity index (χ0v) is 15.0. The van der Waals surface area contributed by atoms with Crippen molar-refractivity contribution in [3.8, 4) is 0 Å². The molecule has 2 saturated heterocycles. The Morgan fingerprint density at radius 2 is 2.13 bits per heavy atom. The molecule has 3 rings (SSSR count). The van der Waals surface area contributed by atoms with Gasteiger partial charge < -0.3 is 15.0 Å². The molecule has 0 aliphatic carbocycles. The Hall–Kier alpha value is -1.21. The molecule has 0 aromatic carbocycles. The summed E-state index contributed by atoms with van der Waals surface area (Å²) in [5.74, 6) is 0.995. The van der Waals surface area contributed by atoms with Crippen molar-refractivity contribution in [1.82, 2.24) is 14.7 Å². The van der Waals surface area contributed by atoms with Gasteiger partial charge in [0.1, 0.15) is 0 Å². The number of thioether (sulfide) groups is 1. The summed E-state index contributed by atoms with van der Waals surface area (Å²) in [6.07, 6.45) is 5.67. The predicted molar refractivity (Wildman–Crippen MR) is 93.1 cm³/mol. The Morgan fingerprint density at radius 1 is 1.39 bits per heavy atom. The standard InChI is InChI=1S/C16H26N4O2S/c1-15(2,3)20-11-13(10-17-20)18-14(21)19-6-9-23-16(12-19)4-7-22-8-5-16/h10-11H,4-9,12H2,1-3H3,(H,18,21). The predicted octanol–water partition coefficient (Wildman–Crippen LogP) is 2.77. The second-order valence-corrected chi connectivity index (χ2v) is 8.90. The minimum Gasteiger partial charge on any atom is -0.381 e. The Balaban J connectivity index is 1.62. The van der Waals surface area contributed by atoms with Crippen molar-refractivity contribution in [3.63, 3.8) is 0 Å². The van der Waals surface area contributed by atoms with Crippen molar-refractivity contribution in [3.05, 3.63) is 12.4 Å². The van der Waals surface area contributed by atoms with Crippen LogP contribution in [0.1, 0.15) is 33.6 Å². The third-order valence-electron chi connectivity index (χ3n) is 4.46. The van der Waals surface area contributed by atoms with Crippen LogP contribution >= 0.6 is 11.8 Å². The number of urea groups is 1. The summed E-state index contributed by atoms with van der Waals surface area (Å²) in [7, 11) is 0. The summed E-state index contributed by atoms with van der Waals surface area (Å²) in [6, 6.07) is -0.0235. The average molecular weight is 338 g/mol. The van der Waals surface area contributed by atoms with Crippen LogP contribution in [0.5, 0.6) is 0 Å². The smallest absolute Gasteiger partial charge is 0.322 e. The molecule has 1 N–H and O–H groups in total. The van der Waals surface area contributed by atoms with E-state index in [4.69, 9.17) is 4.74 Å². The molecule has 0 atom stereocenters. The Bertz CT molecular complexity index is 555. The molecule has 7 heteroatoms. The van der Waals surface area contributed by atoms with Crippen molar-refractivity contribution < 1.29 is 9.53 Å². The van der Waals surface area contributed by atoms with Crippen molar-refractivity contribution >= 4 is 23.5 Å².